The third kappa shape index (κ3) is 7.09. The van der Waals surface area contributed by atoms with Crippen molar-refractivity contribution in [3.63, 3.8) is 0 Å². The Morgan fingerprint density at radius 1 is 1.19 bits per heavy atom. The van der Waals surface area contributed by atoms with Crippen molar-refractivity contribution in [2.75, 3.05) is 25.4 Å². The molecule has 4 aromatic rings. The van der Waals surface area contributed by atoms with E-state index in [1.165, 1.54) is 19.2 Å². The first-order chi connectivity index (χ1) is 19.7. The zero-order valence-electron chi connectivity index (χ0n) is 22.5. The quantitative estimate of drug-likeness (QED) is 0.0888. The number of rotatable bonds is 13. The maximum absolute atomic E-state index is 14.0. The third-order valence-corrected chi connectivity index (χ3v) is 8.98. The summed E-state index contributed by atoms with van der Waals surface area (Å²) in [6.45, 7) is 2.91. The minimum Gasteiger partial charge on any atom is -0.491 e. The number of nitrogens with zero attached hydrogens (tertiary/aromatic N) is 2. The number of aliphatic hydroxyl groups excluding tert-OH is 1. The van der Waals surface area contributed by atoms with Gasteiger partial charge in [0.15, 0.2) is 9.84 Å². The number of alkyl halides is 2. The lowest BCUT2D eigenvalue weighted by Gasteiger charge is -2.31. The van der Waals surface area contributed by atoms with E-state index < -0.39 is 30.0 Å². The normalized spacial score (nSPS) is 13.7. The molecular weight excluding hydrogens is 619 g/mol. The molecule has 0 amide bonds. The number of ether oxygens (including phenoxy) is 1. The molecular formula is C26H29ClF2N3O8PS. The van der Waals surface area contributed by atoms with Gasteiger partial charge in [-0.25, -0.2) is 22.5 Å². The molecule has 11 nitrogen and oxygen atoms in total. The summed E-state index contributed by atoms with van der Waals surface area (Å²) in [6, 6.07) is 11.8. The summed E-state index contributed by atoms with van der Waals surface area (Å²) in [5, 5.41) is 11.7. The second-order valence-electron chi connectivity index (χ2n) is 9.32. The molecule has 0 aliphatic rings. The smallest absolute Gasteiger partial charge is 0.474 e. The Hall–Kier alpha value is -2.68. The highest BCUT2D eigenvalue weighted by Crippen LogP contribution is 2.44. The zero-order valence-corrected chi connectivity index (χ0v) is 25.0. The van der Waals surface area contributed by atoms with E-state index in [0.29, 0.717) is 43.8 Å². The summed E-state index contributed by atoms with van der Waals surface area (Å²) in [5.41, 5.74) is 2.41. The van der Waals surface area contributed by atoms with Crippen molar-refractivity contribution in [2.45, 2.75) is 37.5 Å². The molecule has 0 aliphatic carbocycles. The topological polar surface area (TPSA) is 162 Å². The number of benzene rings is 2. The van der Waals surface area contributed by atoms with Crippen molar-refractivity contribution < 1.29 is 45.9 Å². The summed E-state index contributed by atoms with van der Waals surface area (Å²) in [4.78, 5) is 26.1. The highest BCUT2D eigenvalue weighted by molar-refractivity contribution is 7.91. The summed E-state index contributed by atoms with van der Waals surface area (Å²) in [5.74, 6) is 0.352. The van der Waals surface area contributed by atoms with Gasteiger partial charge in [0.1, 0.15) is 11.4 Å². The second-order valence-corrected chi connectivity index (χ2v) is 13.2. The van der Waals surface area contributed by atoms with Gasteiger partial charge in [0, 0.05) is 23.5 Å². The number of pyridine rings is 1. The fourth-order valence-corrected chi connectivity index (χ4v) is 6.04. The van der Waals surface area contributed by atoms with Crippen molar-refractivity contribution in [3.05, 3.63) is 53.7 Å². The first-order valence-corrected chi connectivity index (χ1v) is 16.3. The summed E-state index contributed by atoms with van der Waals surface area (Å²) in [7, 11) is -9.01. The number of fused-ring (bicyclic) bond motifs is 3. The minimum atomic E-state index is -5.55. The lowest BCUT2D eigenvalue weighted by molar-refractivity contribution is -0.284. The fourth-order valence-electron chi connectivity index (χ4n) is 4.54. The van der Waals surface area contributed by atoms with Crippen LogP contribution in [0.25, 0.3) is 33.1 Å². The molecule has 4 rings (SSSR count). The molecule has 2 aromatic heterocycles. The number of likely N-dealkylation sites (N-methyl/N-ethyl adjacent to an activating group) is 1. The van der Waals surface area contributed by atoms with Crippen molar-refractivity contribution in [1.82, 2.24) is 14.9 Å². The van der Waals surface area contributed by atoms with Crippen LogP contribution < -0.4 is 4.74 Å². The summed E-state index contributed by atoms with van der Waals surface area (Å²) in [6.07, 6.45) is -5.48. The number of sulfone groups is 1. The van der Waals surface area contributed by atoms with Crippen LogP contribution in [-0.4, -0.2) is 76.0 Å². The molecule has 16 heteroatoms. The minimum absolute atomic E-state index is 0.0242. The second kappa shape index (κ2) is 12.5. The Labute approximate surface area is 245 Å². The van der Waals surface area contributed by atoms with Crippen LogP contribution in [-0.2, 0) is 18.9 Å². The molecule has 42 heavy (non-hydrogen) atoms. The predicted molar refractivity (Wildman–Crippen MR) is 153 cm³/mol. The molecule has 1 unspecified atom stereocenters. The van der Waals surface area contributed by atoms with Crippen LogP contribution in [0.5, 0.6) is 5.75 Å². The SMILES string of the molecule is CCN(CCCOc1ccc(-c2cccc(S(=O)(=O)CC)c2)c2c1[nH]c1ncc(Cl)cc12)C(O)C(F)(F)OP(=O)(O)O. The lowest BCUT2D eigenvalue weighted by Crippen LogP contribution is -2.49. The Morgan fingerprint density at radius 2 is 1.93 bits per heavy atom. The monoisotopic (exact) mass is 647 g/mol. The van der Waals surface area contributed by atoms with Crippen LogP contribution in [0, 0.1) is 0 Å². The molecule has 0 fully saturated rings. The Bertz CT molecular complexity index is 1750. The molecule has 0 saturated carbocycles. The standard InChI is InChI=1S/C26H29ClF2N3O8PS/c1-3-32(25(33)26(28,29)40-41(34,35)36)11-6-12-39-21-10-9-19(16-7-5-8-18(13-16)42(37,38)4-2)22-20-14-17(27)15-30-24(20)31-23(21)22/h5,7-10,13-15,25,33H,3-4,6,11-12H2,1-2H3,(H,30,31)(H2,34,35,36). The van der Waals surface area contributed by atoms with Crippen molar-refractivity contribution in [2.24, 2.45) is 0 Å². The first-order valence-electron chi connectivity index (χ1n) is 12.8. The summed E-state index contributed by atoms with van der Waals surface area (Å²) >= 11 is 6.24. The van der Waals surface area contributed by atoms with Crippen LogP contribution in [0.15, 0.2) is 53.6 Å². The van der Waals surface area contributed by atoms with E-state index in [0.717, 1.165) is 4.90 Å². The molecule has 0 radical (unpaired) electrons. The predicted octanol–water partition coefficient (Wildman–Crippen LogP) is 4.94. The van der Waals surface area contributed by atoms with Crippen LogP contribution in [0.4, 0.5) is 8.78 Å². The Morgan fingerprint density at radius 3 is 2.60 bits per heavy atom. The lowest BCUT2D eigenvalue weighted by atomic mass is 9.99. The highest BCUT2D eigenvalue weighted by Gasteiger charge is 2.48. The highest BCUT2D eigenvalue weighted by atomic mass is 35.5. The van der Waals surface area contributed by atoms with E-state index in [9.17, 15) is 26.9 Å². The van der Waals surface area contributed by atoms with E-state index in [2.05, 4.69) is 14.5 Å². The number of hydrogen-bond acceptors (Lipinski definition) is 8. The van der Waals surface area contributed by atoms with Crippen molar-refractivity contribution in [1.29, 1.82) is 0 Å². The number of H-pyrrole nitrogens is 1. The molecule has 0 aliphatic heterocycles. The van der Waals surface area contributed by atoms with Gasteiger partial charge in [0.2, 0.25) is 6.23 Å². The van der Waals surface area contributed by atoms with Gasteiger partial charge < -0.3 is 24.6 Å². The van der Waals surface area contributed by atoms with Gasteiger partial charge in [-0.05, 0) is 54.4 Å². The molecule has 0 spiro atoms. The number of aromatic nitrogens is 2. The van der Waals surface area contributed by atoms with E-state index >= 15 is 0 Å². The average Bonchev–Trinajstić information content (AvgIpc) is 3.30. The van der Waals surface area contributed by atoms with Gasteiger partial charge in [-0.3, -0.25) is 4.90 Å². The molecule has 4 N–H and O–H groups in total. The van der Waals surface area contributed by atoms with Crippen LogP contribution in [0.1, 0.15) is 20.3 Å². The van der Waals surface area contributed by atoms with Gasteiger partial charge >= 0.3 is 13.9 Å². The number of aromatic amines is 1. The number of aliphatic hydroxyl groups is 1. The maximum atomic E-state index is 14.0. The number of phosphoric ester groups is 1. The molecule has 0 bridgehead atoms. The van der Waals surface area contributed by atoms with Crippen LogP contribution in [0.3, 0.4) is 0 Å². The number of hydrogen-bond donors (Lipinski definition) is 4. The molecule has 0 saturated heterocycles. The van der Waals surface area contributed by atoms with E-state index in [1.807, 2.05) is 0 Å². The zero-order chi connectivity index (χ0) is 30.9. The van der Waals surface area contributed by atoms with Gasteiger partial charge in [-0.15, -0.1) is 0 Å². The molecule has 2 heterocycles. The Balaban J connectivity index is 1.62. The Kier molecular flexibility index (Phi) is 9.60. The number of phosphoric acid groups is 1. The molecule has 1 atom stereocenters. The van der Waals surface area contributed by atoms with Crippen LogP contribution in [0.2, 0.25) is 5.02 Å². The molecule has 228 valence electrons. The van der Waals surface area contributed by atoms with Gasteiger partial charge in [-0.1, -0.05) is 37.6 Å². The van der Waals surface area contributed by atoms with Gasteiger partial charge in [0.05, 0.1) is 27.8 Å². The number of nitrogens with one attached hydrogen (secondary N) is 1. The van der Waals surface area contributed by atoms with Crippen molar-refractivity contribution in [3.8, 4) is 16.9 Å². The maximum Gasteiger partial charge on any atom is 0.474 e. The fraction of sp³-hybridized carbons (Fsp3) is 0.346. The van der Waals surface area contributed by atoms with Gasteiger partial charge in [-0.2, -0.15) is 8.78 Å². The van der Waals surface area contributed by atoms with Gasteiger partial charge in [0.25, 0.3) is 0 Å². The molecule has 2 aromatic carbocycles. The van der Waals surface area contributed by atoms with E-state index in [1.54, 1.807) is 43.3 Å². The number of halogens is 3. The van der Waals surface area contributed by atoms with E-state index in [-0.39, 0.29) is 36.8 Å². The average molecular weight is 648 g/mol. The first kappa shape index (κ1) is 32.2. The van der Waals surface area contributed by atoms with E-state index in [4.69, 9.17) is 26.1 Å². The summed E-state index contributed by atoms with van der Waals surface area (Å²) < 4.78 is 73.4. The third-order valence-electron chi connectivity index (χ3n) is 6.56. The van der Waals surface area contributed by atoms with Crippen LogP contribution >= 0.6 is 19.4 Å². The largest absolute Gasteiger partial charge is 0.491 e. The van der Waals surface area contributed by atoms with Crippen molar-refractivity contribution >= 4 is 51.2 Å².